The van der Waals surface area contributed by atoms with Crippen molar-refractivity contribution in [1.29, 1.82) is 0 Å². The van der Waals surface area contributed by atoms with E-state index in [9.17, 15) is 9.59 Å². The monoisotopic (exact) mass is 262 g/mol. The number of methoxy groups -OCH3 is 1. The summed E-state index contributed by atoms with van der Waals surface area (Å²) in [5.41, 5.74) is 4.72. The van der Waals surface area contributed by atoms with Gasteiger partial charge in [-0.15, -0.1) is 0 Å². The van der Waals surface area contributed by atoms with E-state index in [0.29, 0.717) is 18.5 Å². The number of hydrazine groups is 1. The molecule has 0 aliphatic carbocycles. The topological polar surface area (TPSA) is 58.6 Å². The number of carbonyl (C=O) groups excluding carboxylic acids is 2. The predicted octanol–water partition coefficient (Wildman–Crippen LogP) is 1.14. The van der Waals surface area contributed by atoms with Crippen molar-refractivity contribution >= 4 is 11.9 Å². The second-order valence-electron chi connectivity index (χ2n) is 4.50. The first-order valence-electron chi connectivity index (χ1n) is 6.42. The highest BCUT2D eigenvalue weighted by atomic mass is 16.5. The highest BCUT2D eigenvalue weighted by Gasteiger charge is 2.16. The number of hydrogen-bond acceptors (Lipinski definition) is 4. The fourth-order valence-corrected chi connectivity index (χ4v) is 2.05. The largest absolute Gasteiger partial charge is 0.465 e. The molecule has 19 heavy (non-hydrogen) atoms. The van der Waals surface area contributed by atoms with Crippen LogP contribution in [0.2, 0.25) is 0 Å². The highest BCUT2D eigenvalue weighted by molar-refractivity contribution is 5.89. The number of esters is 1. The van der Waals surface area contributed by atoms with Gasteiger partial charge in [-0.25, -0.2) is 10.2 Å². The Bertz CT molecular complexity index is 456. The lowest BCUT2D eigenvalue weighted by molar-refractivity contribution is -0.136. The molecule has 1 aromatic rings. The number of benzene rings is 1. The zero-order valence-electron chi connectivity index (χ0n) is 11.0. The molecule has 5 heteroatoms. The minimum Gasteiger partial charge on any atom is -0.465 e. The highest BCUT2D eigenvalue weighted by Crippen LogP contribution is 2.08. The van der Waals surface area contributed by atoms with Gasteiger partial charge in [0, 0.05) is 19.5 Å². The van der Waals surface area contributed by atoms with E-state index in [4.69, 9.17) is 0 Å². The van der Waals surface area contributed by atoms with Gasteiger partial charge in [0.05, 0.1) is 12.7 Å². The van der Waals surface area contributed by atoms with E-state index in [0.717, 1.165) is 24.9 Å². The van der Waals surface area contributed by atoms with E-state index in [1.165, 1.54) is 7.11 Å². The molecule has 0 saturated carbocycles. The van der Waals surface area contributed by atoms with Crippen molar-refractivity contribution in [2.75, 3.05) is 20.2 Å². The van der Waals surface area contributed by atoms with Gasteiger partial charge in [0.2, 0.25) is 5.91 Å². The van der Waals surface area contributed by atoms with E-state index in [1.54, 1.807) is 17.1 Å². The lowest BCUT2D eigenvalue weighted by atomic mass is 10.1. The van der Waals surface area contributed by atoms with E-state index in [2.05, 4.69) is 10.2 Å². The lowest BCUT2D eigenvalue weighted by Crippen LogP contribution is -2.47. The summed E-state index contributed by atoms with van der Waals surface area (Å²) < 4.78 is 4.64. The molecule has 0 unspecified atom stereocenters. The van der Waals surface area contributed by atoms with Crippen LogP contribution >= 0.6 is 0 Å². The zero-order chi connectivity index (χ0) is 13.7. The quantitative estimate of drug-likeness (QED) is 0.827. The van der Waals surface area contributed by atoms with Gasteiger partial charge in [0.1, 0.15) is 0 Å². The molecule has 5 nitrogen and oxygen atoms in total. The van der Waals surface area contributed by atoms with Gasteiger partial charge in [-0.1, -0.05) is 12.1 Å². The second-order valence-corrected chi connectivity index (χ2v) is 4.50. The van der Waals surface area contributed by atoms with Crippen LogP contribution in [0.1, 0.15) is 28.8 Å². The van der Waals surface area contributed by atoms with E-state index >= 15 is 0 Å². The van der Waals surface area contributed by atoms with Crippen LogP contribution < -0.4 is 5.43 Å². The zero-order valence-corrected chi connectivity index (χ0v) is 11.0. The number of nitrogens with one attached hydrogen (secondary N) is 1. The van der Waals surface area contributed by atoms with Gasteiger partial charge in [-0.3, -0.25) is 9.80 Å². The first-order valence-corrected chi connectivity index (χ1v) is 6.42. The normalized spacial score (nSPS) is 15.4. The summed E-state index contributed by atoms with van der Waals surface area (Å²) in [6, 6.07) is 7.26. The Hall–Kier alpha value is -1.88. The molecule has 1 heterocycles. The molecule has 0 radical (unpaired) electrons. The molecule has 0 bridgehead atoms. The van der Waals surface area contributed by atoms with E-state index < -0.39 is 0 Å². The maximum Gasteiger partial charge on any atom is 0.337 e. The molecule has 1 N–H and O–H groups in total. The van der Waals surface area contributed by atoms with Crippen molar-refractivity contribution in [3.8, 4) is 0 Å². The standard InChI is InChI=1S/C14H18N2O3/c1-19-14(18)12-6-4-11(5-7-12)8-10-16-13(17)3-2-9-15-16/h4-7,15H,2-3,8-10H2,1H3. The number of ether oxygens (including phenoxy) is 1. The van der Waals surface area contributed by atoms with Crippen molar-refractivity contribution in [2.45, 2.75) is 19.3 Å². The number of rotatable bonds is 4. The third kappa shape index (κ3) is 3.54. The average Bonchev–Trinajstić information content (AvgIpc) is 2.46. The summed E-state index contributed by atoms with van der Waals surface area (Å²) in [7, 11) is 1.36. The Morgan fingerprint density at radius 1 is 1.37 bits per heavy atom. The van der Waals surface area contributed by atoms with Crippen LogP contribution in [-0.4, -0.2) is 37.1 Å². The number of nitrogens with zero attached hydrogens (tertiary/aromatic N) is 1. The Labute approximate surface area is 112 Å². The van der Waals surface area contributed by atoms with Gasteiger partial charge < -0.3 is 4.74 Å². The number of hydrogen-bond donors (Lipinski definition) is 1. The maximum atomic E-state index is 11.6. The number of carbonyl (C=O) groups is 2. The average molecular weight is 262 g/mol. The molecular formula is C14H18N2O3. The molecule has 0 atom stereocenters. The Kier molecular flexibility index (Phi) is 4.52. The molecular weight excluding hydrogens is 244 g/mol. The van der Waals surface area contributed by atoms with Gasteiger partial charge in [-0.2, -0.15) is 0 Å². The molecule has 0 spiro atoms. The van der Waals surface area contributed by atoms with Crippen LogP contribution in [0.25, 0.3) is 0 Å². The van der Waals surface area contributed by atoms with Gasteiger partial charge >= 0.3 is 5.97 Å². The molecule has 1 saturated heterocycles. The first kappa shape index (κ1) is 13.5. The summed E-state index contributed by atoms with van der Waals surface area (Å²) in [5.74, 6) is -0.183. The van der Waals surface area contributed by atoms with Crippen molar-refractivity contribution in [3.05, 3.63) is 35.4 Å². The van der Waals surface area contributed by atoms with Crippen molar-refractivity contribution < 1.29 is 14.3 Å². The molecule has 102 valence electrons. The SMILES string of the molecule is COC(=O)c1ccc(CCN2NCCCC2=O)cc1. The van der Waals surface area contributed by atoms with E-state index in [1.807, 2.05) is 12.1 Å². The van der Waals surface area contributed by atoms with Crippen LogP contribution in [0.4, 0.5) is 0 Å². The third-order valence-corrected chi connectivity index (χ3v) is 3.17. The van der Waals surface area contributed by atoms with Gasteiger partial charge in [0.25, 0.3) is 0 Å². The summed E-state index contributed by atoms with van der Waals surface area (Å²) in [6.07, 6.45) is 2.29. The minimum absolute atomic E-state index is 0.150. The summed E-state index contributed by atoms with van der Waals surface area (Å²) in [6.45, 7) is 1.50. The summed E-state index contributed by atoms with van der Waals surface area (Å²) in [5, 5.41) is 1.68. The fourth-order valence-electron chi connectivity index (χ4n) is 2.05. The Morgan fingerprint density at radius 3 is 2.74 bits per heavy atom. The van der Waals surface area contributed by atoms with Crippen molar-refractivity contribution in [2.24, 2.45) is 0 Å². The number of amides is 1. The molecule has 1 aliphatic heterocycles. The molecule has 1 amide bonds. The molecule has 1 aliphatic rings. The van der Waals surface area contributed by atoms with Crippen molar-refractivity contribution in [3.63, 3.8) is 0 Å². The van der Waals surface area contributed by atoms with E-state index in [-0.39, 0.29) is 11.9 Å². The summed E-state index contributed by atoms with van der Waals surface area (Å²) in [4.78, 5) is 22.9. The molecule has 2 rings (SSSR count). The third-order valence-electron chi connectivity index (χ3n) is 3.17. The molecule has 0 aromatic heterocycles. The molecule has 1 fully saturated rings. The molecule has 1 aromatic carbocycles. The Balaban J connectivity index is 1.89. The van der Waals surface area contributed by atoms with Gasteiger partial charge in [-0.05, 0) is 30.5 Å². The van der Waals surface area contributed by atoms with Crippen LogP contribution in [0, 0.1) is 0 Å². The predicted molar refractivity (Wildman–Crippen MR) is 70.4 cm³/mol. The maximum absolute atomic E-state index is 11.6. The fraction of sp³-hybridized carbons (Fsp3) is 0.429. The van der Waals surface area contributed by atoms with Crippen LogP contribution in [-0.2, 0) is 16.0 Å². The van der Waals surface area contributed by atoms with Crippen LogP contribution in [0.5, 0.6) is 0 Å². The second kappa shape index (κ2) is 6.33. The minimum atomic E-state index is -0.334. The van der Waals surface area contributed by atoms with Crippen LogP contribution in [0.15, 0.2) is 24.3 Å². The first-order chi connectivity index (χ1) is 9.20. The van der Waals surface area contributed by atoms with Gasteiger partial charge in [0.15, 0.2) is 0 Å². The van der Waals surface area contributed by atoms with Crippen LogP contribution in [0.3, 0.4) is 0 Å². The smallest absolute Gasteiger partial charge is 0.337 e. The lowest BCUT2D eigenvalue weighted by Gasteiger charge is -2.27. The van der Waals surface area contributed by atoms with Crippen molar-refractivity contribution in [1.82, 2.24) is 10.4 Å². The Morgan fingerprint density at radius 2 is 2.11 bits per heavy atom. The summed E-state index contributed by atoms with van der Waals surface area (Å²) >= 11 is 0.